The first kappa shape index (κ1) is 12.0. The fraction of sp³-hybridized carbons (Fsp3) is 0.800. The van der Waals surface area contributed by atoms with Gasteiger partial charge in [-0.2, -0.15) is 0 Å². The van der Waals surface area contributed by atoms with E-state index in [1.54, 1.807) is 0 Å². The Morgan fingerprint density at radius 2 is 1.71 bits per heavy atom. The third kappa shape index (κ3) is 2.28. The summed E-state index contributed by atoms with van der Waals surface area (Å²) in [6.07, 6.45) is 2.88. The van der Waals surface area contributed by atoms with Crippen molar-refractivity contribution >= 4 is 7.60 Å². The number of allylic oxidation sites excluding steroid dienone is 2. The molecule has 0 aromatic carbocycles. The van der Waals surface area contributed by atoms with Gasteiger partial charge in [0.1, 0.15) is 0 Å². The van der Waals surface area contributed by atoms with E-state index in [0.717, 1.165) is 24.6 Å². The first-order valence-electron chi connectivity index (χ1n) is 5.28. The van der Waals surface area contributed by atoms with Crippen LogP contribution in [-0.4, -0.2) is 13.2 Å². The van der Waals surface area contributed by atoms with Crippen LogP contribution in [0.25, 0.3) is 0 Å². The zero-order valence-electron chi connectivity index (χ0n) is 9.21. The first-order chi connectivity index (χ1) is 6.68. The quantitative estimate of drug-likeness (QED) is 0.637. The highest BCUT2D eigenvalue weighted by molar-refractivity contribution is 7.58. The third-order valence-corrected chi connectivity index (χ3v) is 4.82. The van der Waals surface area contributed by atoms with Crippen molar-refractivity contribution in [3.05, 3.63) is 10.9 Å². The van der Waals surface area contributed by atoms with Crippen LogP contribution in [-0.2, 0) is 13.6 Å². The van der Waals surface area contributed by atoms with Gasteiger partial charge in [-0.1, -0.05) is 12.5 Å². The van der Waals surface area contributed by atoms with E-state index < -0.39 is 7.60 Å². The van der Waals surface area contributed by atoms with Crippen LogP contribution in [0, 0.1) is 0 Å². The molecule has 14 heavy (non-hydrogen) atoms. The molecule has 82 valence electrons. The van der Waals surface area contributed by atoms with Crippen LogP contribution in [0.1, 0.15) is 40.0 Å². The summed E-state index contributed by atoms with van der Waals surface area (Å²) in [4.78, 5) is 0. The SMILES string of the molecule is CCOP(=O)(OCC)C1=C(CC)CC1. The zero-order valence-corrected chi connectivity index (χ0v) is 10.1. The summed E-state index contributed by atoms with van der Waals surface area (Å²) in [6.45, 7) is 6.65. The summed E-state index contributed by atoms with van der Waals surface area (Å²) in [5.41, 5.74) is 1.26. The fourth-order valence-corrected chi connectivity index (χ4v) is 3.77. The van der Waals surface area contributed by atoms with Crippen molar-refractivity contribution in [2.45, 2.75) is 40.0 Å². The number of hydrogen-bond donors (Lipinski definition) is 0. The van der Waals surface area contributed by atoms with Gasteiger partial charge in [0.15, 0.2) is 0 Å². The molecule has 3 nitrogen and oxygen atoms in total. The predicted molar refractivity (Wildman–Crippen MR) is 57.4 cm³/mol. The lowest BCUT2D eigenvalue weighted by molar-refractivity contribution is 0.224. The summed E-state index contributed by atoms with van der Waals surface area (Å²) < 4.78 is 22.8. The van der Waals surface area contributed by atoms with Crippen molar-refractivity contribution < 1.29 is 13.6 Å². The highest BCUT2D eigenvalue weighted by Gasteiger charge is 2.35. The Kier molecular flexibility index (Phi) is 4.36. The fourth-order valence-electron chi connectivity index (χ4n) is 1.66. The minimum atomic E-state index is -2.92. The Morgan fingerprint density at radius 3 is 2.00 bits per heavy atom. The van der Waals surface area contributed by atoms with Gasteiger partial charge in [0.25, 0.3) is 0 Å². The molecule has 0 spiro atoms. The molecule has 0 bridgehead atoms. The van der Waals surface area contributed by atoms with Crippen LogP contribution in [0.3, 0.4) is 0 Å². The molecule has 0 radical (unpaired) electrons. The van der Waals surface area contributed by atoms with Crippen LogP contribution in [0.4, 0.5) is 0 Å². The Morgan fingerprint density at radius 1 is 1.14 bits per heavy atom. The topological polar surface area (TPSA) is 35.5 Å². The summed E-state index contributed by atoms with van der Waals surface area (Å²) >= 11 is 0. The number of rotatable bonds is 6. The van der Waals surface area contributed by atoms with Crippen LogP contribution in [0.2, 0.25) is 0 Å². The Hall–Kier alpha value is -0.110. The molecule has 1 aliphatic carbocycles. The number of hydrogen-bond acceptors (Lipinski definition) is 3. The third-order valence-electron chi connectivity index (χ3n) is 2.43. The molecular weight excluding hydrogens is 199 g/mol. The minimum absolute atomic E-state index is 0.442. The minimum Gasteiger partial charge on any atom is -0.306 e. The molecule has 1 rings (SSSR count). The van der Waals surface area contributed by atoms with E-state index >= 15 is 0 Å². The Bertz CT molecular complexity index is 261. The largest absolute Gasteiger partial charge is 0.357 e. The van der Waals surface area contributed by atoms with Gasteiger partial charge in [-0.3, -0.25) is 4.57 Å². The van der Waals surface area contributed by atoms with Crippen molar-refractivity contribution in [1.82, 2.24) is 0 Å². The van der Waals surface area contributed by atoms with Crippen molar-refractivity contribution in [3.63, 3.8) is 0 Å². The lowest BCUT2D eigenvalue weighted by Gasteiger charge is -2.29. The summed E-state index contributed by atoms with van der Waals surface area (Å²) in [7, 11) is -2.92. The summed E-state index contributed by atoms with van der Waals surface area (Å²) in [5, 5.41) is 0.934. The molecule has 0 atom stereocenters. The maximum absolute atomic E-state index is 12.3. The van der Waals surface area contributed by atoms with Crippen LogP contribution >= 0.6 is 7.60 Å². The van der Waals surface area contributed by atoms with E-state index in [9.17, 15) is 4.57 Å². The van der Waals surface area contributed by atoms with Crippen LogP contribution in [0.15, 0.2) is 10.9 Å². The van der Waals surface area contributed by atoms with E-state index in [1.807, 2.05) is 13.8 Å². The van der Waals surface area contributed by atoms with Crippen molar-refractivity contribution in [3.8, 4) is 0 Å². The molecular formula is C10H19O3P. The lowest BCUT2D eigenvalue weighted by atomic mass is 9.96. The molecule has 0 saturated carbocycles. The monoisotopic (exact) mass is 218 g/mol. The van der Waals surface area contributed by atoms with Gasteiger partial charge in [0.05, 0.1) is 13.2 Å². The van der Waals surface area contributed by atoms with Gasteiger partial charge in [-0.05, 0) is 33.1 Å². The molecule has 0 aliphatic heterocycles. The molecule has 0 N–H and O–H groups in total. The molecule has 0 heterocycles. The second kappa shape index (κ2) is 5.11. The van der Waals surface area contributed by atoms with Gasteiger partial charge in [0, 0.05) is 5.31 Å². The van der Waals surface area contributed by atoms with Gasteiger partial charge in [0.2, 0.25) is 0 Å². The average molecular weight is 218 g/mol. The van der Waals surface area contributed by atoms with E-state index in [2.05, 4.69) is 6.92 Å². The second-order valence-corrected chi connectivity index (χ2v) is 5.29. The van der Waals surface area contributed by atoms with Gasteiger partial charge >= 0.3 is 7.60 Å². The molecule has 0 unspecified atom stereocenters. The summed E-state index contributed by atoms with van der Waals surface area (Å²) in [5.74, 6) is 0. The van der Waals surface area contributed by atoms with Crippen molar-refractivity contribution in [2.75, 3.05) is 13.2 Å². The molecule has 4 heteroatoms. The highest BCUT2D eigenvalue weighted by Crippen LogP contribution is 2.62. The van der Waals surface area contributed by atoms with Crippen LogP contribution in [0.5, 0.6) is 0 Å². The van der Waals surface area contributed by atoms with E-state index in [-0.39, 0.29) is 0 Å². The first-order valence-corrected chi connectivity index (χ1v) is 6.82. The molecule has 0 fully saturated rings. The molecule has 0 aromatic rings. The molecule has 0 aromatic heterocycles. The van der Waals surface area contributed by atoms with E-state index in [1.165, 1.54) is 5.57 Å². The van der Waals surface area contributed by atoms with Crippen LogP contribution < -0.4 is 0 Å². The highest BCUT2D eigenvalue weighted by atomic mass is 31.2. The predicted octanol–water partition coefficient (Wildman–Crippen LogP) is 3.71. The van der Waals surface area contributed by atoms with Gasteiger partial charge < -0.3 is 9.05 Å². The van der Waals surface area contributed by atoms with E-state index in [4.69, 9.17) is 9.05 Å². The smallest absolute Gasteiger partial charge is 0.306 e. The van der Waals surface area contributed by atoms with Gasteiger partial charge in [-0.15, -0.1) is 0 Å². The van der Waals surface area contributed by atoms with Crippen molar-refractivity contribution in [2.24, 2.45) is 0 Å². The molecule has 1 aliphatic rings. The Labute approximate surface area is 86.0 Å². The van der Waals surface area contributed by atoms with Crippen molar-refractivity contribution in [1.29, 1.82) is 0 Å². The second-order valence-electron chi connectivity index (χ2n) is 3.24. The normalized spacial score (nSPS) is 17.1. The van der Waals surface area contributed by atoms with E-state index in [0.29, 0.717) is 13.2 Å². The maximum atomic E-state index is 12.3. The Balaban J connectivity index is 2.83. The zero-order chi connectivity index (χ0) is 10.6. The molecule has 0 amide bonds. The summed E-state index contributed by atoms with van der Waals surface area (Å²) in [6, 6.07) is 0. The lowest BCUT2D eigenvalue weighted by Crippen LogP contribution is -2.08. The molecule has 0 saturated heterocycles. The maximum Gasteiger partial charge on any atom is 0.357 e. The standard InChI is InChI=1S/C10H19O3P/c1-4-9-7-8-10(9)14(11,12-5-2)13-6-3/h4-8H2,1-3H3. The average Bonchev–Trinajstić information content (AvgIpc) is 2.03. The van der Waals surface area contributed by atoms with Gasteiger partial charge in [-0.25, -0.2) is 0 Å².